The van der Waals surface area contributed by atoms with Crippen LogP contribution in [0.2, 0.25) is 5.02 Å². The number of nitrogens with zero attached hydrogens (tertiary/aromatic N) is 3. The highest BCUT2D eigenvalue weighted by molar-refractivity contribution is 6.31. The fourth-order valence-corrected chi connectivity index (χ4v) is 3.44. The van der Waals surface area contributed by atoms with Crippen LogP contribution in [0.1, 0.15) is 23.8 Å². The van der Waals surface area contributed by atoms with Gasteiger partial charge in [0.1, 0.15) is 5.75 Å². The number of ether oxygens (including phenoxy) is 1. The summed E-state index contributed by atoms with van der Waals surface area (Å²) in [6.07, 6.45) is -4.53. The molecule has 1 fully saturated rings. The van der Waals surface area contributed by atoms with Gasteiger partial charge in [0.15, 0.2) is 0 Å². The summed E-state index contributed by atoms with van der Waals surface area (Å²) in [6, 6.07) is 12.5. The van der Waals surface area contributed by atoms with Crippen LogP contribution in [0.3, 0.4) is 0 Å². The summed E-state index contributed by atoms with van der Waals surface area (Å²) in [5.41, 5.74) is 1.32. The smallest absolute Gasteiger partial charge is 0.406 e. The van der Waals surface area contributed by atoms with E-state index in [1.54, 1.807) is 11.0 Å². The minimum atomic E-state index is -4.76. The van der Waals surface area contributed by atoms with Crippen LogP contribution < -0.4 is 4.74 Å². The van der Waals surface area contributed by atoms with Gasteiger partial charge in [-0.3, -0.25) is 4.79 Å². The number of aromatic nitrogens is 2. The monoisotopic (exact) mass is 437 g/mol. The molecule has 1 aromatic heterocycles. The lowest BCUT2D eigenvalue weighted by Gasteiger charge is -2.16. The number of hydrogen-bond donors (Lipinski definition) is 0. The molecule has 10 heteroatoms. The average Bonchev–Trinajstić information content (AvgIpc) is 3.30. The third-order valence-electron chi connectivity index (χ3n) is 4.67. The Hall–Kier alpha value is -3.07. The fourth-order valence-electron chi connectivity index (χ4n) is 3.25. The zero-order valence-electron chi connectivity index (χ0n) is 15.4. The normalized spacial score (nSPS) is 16.9. The highest BCUT2D eigenvalue weighted by Crippen LogP contribution is 2.31. The highest BCUT2D eigenvalue weighted by Gasteiger charge is 2.35. The predicted octanol–water partition coefficient (Wildman–Crippen LogP) is 4.80. The number of benzene rings is 2. The van der Waals surface area contributed by atoms with Crippen molar-refractivity contribution in [3.63, 3.8) is 0 Å². The molecule has 0 aliphatic carbocycles. The van der Waals surface area contributed by atoms with Crippen molar-refractivity contribution in [1.82, 2.24) is 15.0 Å². The molecule has 1 saturated heterocycles. The van der Waals surface area contributed by atoms with E-state index in [2.05, 4.69) is 14.9 Å². The van der Waals surface area contributed by atoms with Gasteiger partial charge in [-0.1, -0.05) is 35.0 Å². The molecule has 6 nitrogen and oxygen atoms in total. The van der Waals surface area contributed by atoms with Gasteiger partial charge < -0.3 is 14.2 Å². The topological polar surface area (TPSA) is 68.5 Å². The number of hydrogen-bond acceptors (Lipinski definition) is 5. The molecule has 2 heterocycles. The van der Waals surface area contributed by atoms with Crippen LogP contribution >= 0.6 is 11.6 Å². The van der Waals surface area contributed by atoms with Crippen molar-refractivity contribution in [3.8, 4) is 17.1 Å². The van der Waals surface area contributed by atoms with Crippen LogP contribution in [-0.4, -0.2) is 33.9 Å². The lowest BCUT2D eigenvalue weighted by atomic mass is 10.1. The van der Waals surface area contributed by atoms with Crippen molar-refractivity contribution < 1.29 is 27.2 Å². The summed E-state index contributed by atoms with van der Waals surface area (Å²) >= 11 is 6.17. The molecule has 0 saturated carbocycles. The molecule has 1 unspecified atom stereocenters. The summed E-state index contributed by atoms with van der Waals surface area (Å²) < 4.78 is 45.9. The fraction of sp³-hybridized carbons (Fsp3) is 0.250. The van der Waals surface area contributed by atoms with Gasteiger partial charge in [-0.2, -0.15) is 4.98 Å². The third-order valence-corrected chi connectivity index (χ3v) is 5.04. The van der Waals surface area contributed by atoms with E-state index < -0.39 is 6.36 Å². The maximum Gasteiger partial charge on any atom is 0.573 e. The number of amides is 1. The molecule has 4 rings (SSSR count). The molecule has 0 N–H and O–H groups in total. The quantitative estimate of drug-likeness (QED) is 0.573. The molecule has 156 valence electrons. The minimum Gasteiger partial charge on any atom is -0.406 e. The first-order valence-electron chi connectivity index (χ1n) is 8.99. The Kier molecular flexibility index (Phi) is 5.38. The van der Waals surface area contributed by atoms with Gasteiger partial charge in [0.05, 0.1) is 5.92 Å². The maximum atomic E-state index is 12.4. The van der Waals surface area contributed by atoms with Crippen molar-refractivity contribution in [1.29, 1.82) is 0 Å². The second-order valence-corrected chi connectivity index (χ2v) is 7.20. The molecule has 3 aromatic rings. The van der Waals surface area contributed by atoms with E-state index in [0.29, 0.717) is 29.6 Å². The SMILES string of the molecule is O=C1CC(c2nc(-c3ccc(OC(F)(F)F)cc3)no2)CN1Cc1ccccc1Cl. The summed E-state index contributed by atoms with van der Waals surface area (Å²) in [5.74, 6) is -0.134. The summed E-state index contributed by atoms with van der Waals surface area (Å²) in [5, 5.41) is 4.47. The number of carbonyl (C=O) groups is 1. The van der Waals surface area contributed by atoms with Gasteiger partial charge in [-0.05, 0) is 35.9 Å². The van der Waals surface area contributed by atoms with E-state index in [-0.39, 0.29) is 29.8 Å². The average molecular weight is 438 g/mol. The van der Waals surface area contributed by atoms with Crippen LogP contribution in [0.5, 0.6) is 5.75 Å². The first-order chi connectivity index (χ1) is 14.3. The number of alkyl halides is 3. The molecule has 1 atom stereocenters. The second-order valence-electron chi connectivity index (χ2n) is 6.80. The molecular formula is C20H15ClF3N3O3. The van der Waals surface area contributed by atoms with E-state index in [1.807, 2.05) is 18.2 Å². The zero-order chi connectivity index (χ0) is 21.3. The van der Waals surface area contributed by atoms with Crippen molar-refractivity contribution in [2.75, 3.05) is 6.54 Å². The first-order valence-corrected chi connectivity index (χ1v) is 9.37. The molecular weight excluding hydrogens is 423 g/mol. The van der Waals surface area contributed by atoms with Gasteiger partial charge in [0, 0.05) is 30.1 Å². The zero-order valence-corrected chi connectivity index (χ0v) is 16.2. The summed E-state index contributed by atoms with van der Waals surface area (Å²) in [7, 11) is 0. The molecule has 0 radical (unpaired) electrons. The Balaban J connectivity index is 1.44. The summed E-state index contributed by atoms with van der Waals surface area (Å²) in [6.45, 7) is 0.792. The van der Waals surface area contributed by atoms with Gasteiger partial charge in [-0.15, -0.1) is 13.2 Å². The Morgan fingerprint density at radius 1 is 1.17 bits per heavy atom. The largest absolute Gasteiger partial charge is 0.573 e. The Bertz CT molecular complexity index is 1050. The molecule has 1 aliphatic rings. The first kappa shape index (κ1) is 20.2. The third kappa shape index (κ3) is 4.56. The van der Waals surface area contributed by atoms with Gasteiger partial charge >= 0.3 is 6.36 Å². The van der Waals surface area contributed by atoms with Crippen LogP contribution in [-0.2, 0) is 11.3 Å². The highest BCUT2D eigenvalue weighted by atomic mass is 35.5. The molecule has 0 spiro atoms. The second kappa shape index (κ2) is 7.98. The Morgan fingerprint density at radius 3 is 2.60 bits per heavy atom. The minimum absolute atomic E-state index is 0.0478. The van der Waals surface area contributed by atoms with E-state index in [1.165, 1.54) is 24.3 Å². The molecule has 30 heavy (non-hydrogen) atoms. The van der Waals surface area contributed by atoms with Crippen molar-refractivity contribution in [3.05, 3.63) is 65.0 Å². The van der Waals surface area contributed by atoms with E-state index in [4.69, 9.17) is 16.1 Å². The Labute approximate surface area is 174 Å². The maximum absolute atomic E-state index is 12.4. The van der Waals surface area contributed by atoms with E-state index in [0.717, 1.165) is 5.56 Å². The van der Waals surface area contributed by atoms with Crippen molar-refractivity contribution in [2.24, 2.45) is 0 Å². The van der Waals surface area contributed by atoms with Crippen molar-refractivity contribution >= 4 is 17.5 Å². The molecule has 1 amide bonds. The van der Waals surface area contributed by atoms with Crippen LogP contribution in [0.4, 0.5) is 13.2 Å². The van der Waals surface area contributed by atoms with Gasteiger partial charge in [0.2, 0.25) is 17.6 Å². The van der Waals surface area contributed by atoms with E-state index in [9.17, 15) is 18.0 Å². The van der Waals surface area contributed by atoms with E-state index >= 15 is 0 Å². The van der Waals surface area contributed by atoms with Crippen molar-refractivity contribution in [2.45, 2.75) is 25.2 Å². The number of halogens is 4. The Morgan fingerprint density at radius 2 is 1.90 bits per heavy atom. The predicted molar refractivity (Wildman–Crippen MR) is 101 cm³/mol. The number of likely N-dealkylation sites (tertiary alicyclic amines) is 1. The molecule has 1 aliphatic heterocycles. The lowest BCUT2D eigenvalue weighted by molar-refractivity contribution is -0.274. The molecule has 0 bridgehead atoms. The summed E-state index contributed by atoms with van der Waals surface area (Å²) in [4.78, 5) is 18.4. The number of rotatable bonds is 5. The lowest BCUT2D eigenvalue weighted by Crippen LogP contribution is -2.24. The van der Waals surface area contributed by atoms with Gasteiger partial charge in [0.25, 0.3) is 0 Å². The molecule has 2 aromatic carbocycles. The van der Waals surface area contributed by atoms with Gasteiger partial charge in [-0.25, -0.2) is 0 Å². The number of carbonyl (C=O) groups excluding carboxylic acids is 1. The standard InChI is InChI=1S/C20H15ClF3N3O3/c21-16-4-2-1-3-13(16)10-27-11-14(9-17(27)28)19-25-18(26-30-19)12-5-7-15(8-6-12)29-20(22,23)24/h1-8,14H,9-11H2. The van der Waals surface area contributed by atoms with Crippen LogP contribution in [0, 0.1) is 0 Å². The van der Waals surface area contributed by atoms with Crippen LogP contribution in [0.15, 0.2) is 53.1 Å². The van der Waals surface area contributed by atoms with Crippen LogP contribution in [0.25, 0.3) is 11.4 Å².